The van der Waals surface area contributed by atoms with Crippen LogP contribution in [0.1, 0.15) is 64.7 Å². The van der Waals surface area contributed by atoms with Gasteiger partial charge in [0.15, 0.2) is 11.7 Å². The van der Waals surface area contributed by atoms with Gasteiger partial charge in [-0.25, -0.2) is 0 Å². The highest BCUT2D eigenvalue weighted by molar-refractivity contribution is 6.30. The summed E-state index contributed by atoms with van der Waals surface area (Å²) >= 11 is 5.93. The van der Waals surface area contributed by atoms with Gasteiger partial charge in [-0.3, -0.25) is 14.4 Å². The van der Waals surface area contributed by atoms with E-state index in [4.69, 9.17) is 21.1 Å². The number of hydrogen-bond donors (Lipinski definition) is 0. The van der Waals surface area contributed by atoms with Gasteiger partial charge in [0.05, 0.1) is 0 Å². The lowest BCUT2D eigenvalue weighted by molar-refractivity contribution is -0.174. The van der Waals surface area contributed by atoms with Crippen LogP contribution in [0.15, 0.2) is 48.5 Å². The van der Waals surface area contributed by atoms with E-state index >= 15 is 0 Å². The van der Waals surface area contributed by atoms with Gasteiger partial charge in [0.2, 0.25) is 0 Å². The first-order chi connectivity index (χ1) is 14.7. The highest BCUT2D eigenvalue weighted by atomic mass is 35.5. The maximum absolute atomic E-state index is 12.7. The molecule has 0 aliphatic carbocycles. The molecule has 0 unspecified atom stereocenters. The number of Topliss-reactive ketones (excluding diaryl/α,β-unsaturated/α-hetero) is 1. The largest absolute Gasteiger partial charge is 0.459 e. The molecule has 2 rings (SSSR count). The molecule has 0 saturated heterocycles. The van der Waals surface area contributed by atoms with E-state index in [9.17, 15) is 14.4 Å². The van der Waals surface area contributed by atoms with Gasteiger partial charge in [-0.2, -0.15) is 0 Å². The molecule has 5 nitrogen and oxygen atoms in total. The van der Waals surface area contributed by atoms with Crippen molar-refractivity contribution in [3.05, 3.63) is 59.1 Å². The van der Waals surface area contributed by atoms with E-state index in [1.807, 2.05) is 36.4 Å². The van der Waals surface area contributed by atoms with Crippen molar-refractivity contribution in [1.29, 1.82) is 0 Å². The number of ketones is 1. The van der Waals surface area contributed by atoms with Crippen LogP contribution in [0.4, 0.5) is 0 Å². The van der Waals surface area contributed by atoms with Crippen LogP contribution in [0.2, 0.25) is 5.02 Å². The molecule has 0 fully saturated rings. The fraction of sp³-hybridized carbons (Fsp3) is 0.423. The SMILES string of the molecule is CC(C)(C)OC(=O)C(CCC(=O)c1ccc(-c2ccc(Cl)cc2)cc1)C(=O)OC(C)(C)C. The Morgan fingerprint density at radius 3 is 1.56 bits per heavy atom. The smallest absolute Gasteiger partial charge is 0.320 e. The zero-order chi connectivity index (χ0) is 24.1. The minimum absolute atomic E-state index is 0.0155. The highest BCUT2D eigenvalue weighted by Crippen LogP contribution is 2.24. The molecule has 6 heteroatoms. The number of hydrogen-bond acceptors (Lipinski definition) is 5. The predicted octanol–water partition coefficient (Wildman–Crippen LogP) is 6.27. The first-order valence-electron chi connectivity index (χ1n) is 10.6. The lowest BCUT2D eigenvalue weighted by atomic mass is 9.96. The van der Waals surface area contributed by atoms with E-state index < -0.39 is 29.1 Å². The van der Waals surface area contributed by atoms with Gasteiger partial charge in [0, 0.05) is 17.0 Å². The number of esters is 2. The van der Waals surface area contributed by atoms with Gasteiger partial charge < -0.3 is 9.47 Å². The first kappa shape index (κ1) is 25.6. The number of carbonyl (C=O) groups is 3. The molecule has 32 heavy (non-hydrogen) atoms. The summed E-state index contributed by atoms with van der Waals surface area (Å²) < 4.78 is 10.8. The molecule has 0 saturated carbocycles. The molecule has 0 aliphatic heterocycles. The molecule has 0 radical (unpaired) electrons. The van der Waals surface area contributed by atoms with Crippen molar-refractivity contribution in [2.75, 3.05) is 0 Å². The fourth-order valence-electron chi connectivity index (χ4n) is 2.99. The second-order valence-electron chi connectivity index (χ2n) is 9.67. The summed E-state index contributed by atoms with van der Waals surface area (Å²) in [6, 6.07) is 14.6. The molecule has 0 bridgehead atoms. The lowest BCUT2D eigenvalue weighted by Crippen LogP contribution is -2.37. The molecule has 2 aromatic carbocycles. The number of benzene rings is 2. The van der Waals surface area contributed by atoms with Crippen LogP contribution in [-0.4, -0.2) is 28.9 Å². The summed E-state index contributed by atoms with van der Waals surface area (Å²) in [5.41, 5.74) is 0.953. The quantitative estimate of drug-likeness (QED) is 0.278. The molecule has 0 aliphatic rings. The van der Waals surface area contributed by atoms with Crippen molar-refractivity contribution in [3.8, 4) is 11.1 Å². The fourth-order valence-corrected chi connectivity index (χ4v) is 3.11. The third-order valence-corrected chi connectivity index (χ3v) is 4.68. The van der Waals surface area contributed by atoms with E-state index in [-0.39, 0.29) is 18.6 Å². The topological polar surface area (TPSA) is 69.7 Å². The number of rotatable bonds is 7. The molecule has 172 valence electrons. The third-order valence-electron chi connectivity index (χ3n) is 4.43. The van der Waals surface area contributed by atoms with Gasteiger partial charge >= 0.3 is 11.9 Å². The van der Waals surface area contributed by atoms with Crippen LogP contribution in [0, 0.1) is 5.92 Å². The average molecular weight is 459 g/mol. The number of ether oxygens (including phenoxy) is 2. The van der Waals surface area contributed by atoms with E-state index in [0.29, 0.717) is 10.6 Å². The third kappa shape index (κ3) is 8.12. The van der Waals surface area contributed by atoms with E-state index in [2.05, 4.69) is 0 Å². The predicted molar refractivity (Wildman–Crippen MR) is 126 cm³/mol. The summed E-state index contributed by atoms with van der Waals surface area (Å²) in [5, 5.41) is 0.657. The molecular formula is C26H31ClO5. The summed E-state index contributed by atoms with van der Waals surface area (Å²) in [4.78, 5) is 38.0. The second-order valence-corrected chi connectivity index (χ2v) is 10.1. The first-order valence-corrected chi connectivity index (χ1v) is 11.0. The second kappa shape index (κ2) is 10.3. The maximum atomic E-state index is 12.7. The molecule has 0 amide bonds. The Morgan fingerprint density at radius 2 is 1.16 bits per heavy atom. The Balaban J connectivity index is 2.10. The normalized spacial score (nSPS) is 11.9. The average Bonchev–Trinajstić information content (AvgIpc) is 2.66. The van der Waals surface area contributed by atoms with Crippen LogP contribution in [0.25, 0.3) is 11.1 Å². The van der Waals surface area contributed by atoms with Crippen LogP contribution in [0.5, 0.6) is 0 Å². The highest BCUT2D eigenvalue weighted by Gasteiger charge is 2.35. The van der Waals surface area contributed by atoms with Gasteiger partial charge in [-0.05, 0) is 71.2 Å². The molecule has 0 spiro atoms. The minimum atomic E-state index is -1.16. The Hall–Kier alpha value is -2.66. The maximum Gasteiger partial charge on any atom is 0.320 e. The van der Waals surface area contributed by atoms with E-state index in [0.717, 1.165) is 11.1 Å². The zero-order valence-corrected chi connectivity index (χ0v) is 20.3. The lowest BCUT2D eigenvalue weighted by Gasteiger charge is -2.26. The number of halogens is 1. The Kier molecular flexibility index (Phi) is 8.24. The van der Waals surface area contributed by atoms with Crippen molar-refractivity contribution in [2.24, 2.45) is 5.92 Å². The van der Waals surface area contributed by atoms with Crippen LogP contribution < -0.4 is 0 Å². The summed E-state index contributed by atoms with van der Waals surface area (Å²) in [7, 11) is 0. The van der Waals surface area contributed by atoms with Gasteiger partial charge in [-0.15, -0.1) is 0 Å². The molecule has 0 atom stereocenters. The van der Waals surface area contributed by atoms with Crippen molar-refractivity contribution in [1.82, 2.24) is 0 Å². The number of carbonyl (C=O) groups excluding carboxylic acids is 3. The van der Waals surface area contributed by atoms with Crippen LogP contribution in [0.3, 0.4) is 0 Å². The molecule has 2 aromatic rings. The molecule has 0 N–H and O–H groups in total. The van der Waals surface area contributed by atoms with Crippen molar-refractivity contribution >= 4 is 29.3 Å². The summed E-state index contributed by atoms with van der Waals surface area (Å²) in [6.45, 7) is 10.4. The summed E-state index contributed by atoms with van der Waals surface area (Å²) in [5.74, 6) is -2.69. The minimum Gasteiger partial charge on any atom is -0.459 e. The van der Waals surface area contributed by atoms with Crippen LogP contribution in [-0.2, 0) is 19.1 Å². The van der Waals surface area contributed by atoms with Gasteiger partial charge in [-0.1, -0.05) is 48.0 Å². The standard InChI is InChI=1S/C26H31ClO5/c1-25(2,3)31-23(29)21(24(30)32-26(4,5)6)15-16-22(28)19-9-7-17(8-10-19)18-11-13-20(27)14-12-18/h7-14,21H,15-16H2,1-6H3. The van der Waals surface area contributed by atoms with E-state index in [1.165, 1.54) is 0 Å². The summed E-state index contributed by atoms with van der Waals surface area (Å²) in [6.07, 6.45) is 0.0328. The Morgan fingerprint density at radius 1 is 0.750 bits per heavy atom. The molecule has 0 aromatic heterocycles. The molecule has 0 heterocycles. The Labute approximate surface area is 195 Å². The van der Waals surface area contributed by atoms with Crippen LogP contribution >= 0.6 is 11.6 Å². The van der Waals surface area contributed by atoms with Gasteiger partial charge in [0.1, 0.15) is 11.2 Å². The van der Waals surface area contributed by atoms with Crippen molar-refractivity contribution in [3.63, 3.8) is 0 Å². The Bertz CT molecular complexity index is 920. The van der Waals surface area contributed by atoms with Crippen molar-refractivity contribution in [2.45, 2.75) is 65.6 Å². The monoisotopic (exact) mass is 458 g/mol. The van der Waals surface area contributed by atoms with Gasteiger partial charge in [0.25, 0.3) is 0 Å². The molecular weight excluding hydrogens is 428 g/mol. The van der Waals surface area contributed by atoms with E-state index in [1.54, 1.807) is 53.7 Å². The van der Waals surface area contributed by atoms with Crippen molar-refractivity contribution < 1.29 is 23.9 Å². The zero-order valence-electron chi connectivity index (χ0n) is 19.5.